The van der Waals surface area contributed by atoms with Gasteiger partial charge in [0.05, 0.1) is 0 Å². The van der Waals surface area contributed by atoms with E-state index >= 15 is 0 Å². The minimum absolute atomic E-state index is 0.0396. The molecule has 0 amide bonds. The molecule has 0 atom stereocenters. The van der Waals surface area contributed by atoms with Crippen LogP contribution in [0, 0.1) is 0 Å². The van der Waals surface area contributed by atoms with Crippen molar-refractivity contribution < 1.29 is 0 Å². The fourth-order valence-electron chi connectivity index (χ4n) is 3.64. The van der Waals surface area contributed by atoms with E-state index in [-0.39, 0.29) is 11.6 Å². The number of pyridine rings is 1. The largest absolute Gasteiger partial charge is 0.334 e. The molecule has 3 rings (SSSR count). The van der Waals surface area contributed by atoms with Gasteiger partial charge in [-0.05, 0) is 69.5 Å². The average Bonchev–Trinajstić information content (AvgIpc) is 2.58. The first-order valence-electron chi connectivity index (χ1n) is 9.19. The number of rotatable bonds is 4. The molecule has 1 aliphatic rings. The molecule has 1 aliphatic heterocycles. The van der Waals surface area contributed by atoms with Crippen molar-refractivity contribution in [2.75, 3.05) is 11.4 Å². The second-order valence-corrected chi connectivity index (χ2v) is 7.54. The highest BCUT2D eigenvalue weighted by Gasteiger charge is 2.22. The summed E-state index contributed by atoms with van der Waals surface area (Å²) in [6, 6.07) is 11.3. The molecule has 1 aromatic carbocycles. The van der Waals surface area contributed by atoms with Crippen LogP contribution in [0.25, 0.3) is 0 Å². The molecule has 4 heteroatoms. The van der Waals surface area contributed by atoms with Crippen molar-refractivity contribution in [2.45, 2.75) is 52.7 Å². The highest BCUT2D eigenvalue weighted by atomic mass is 16.1. The quantitative estimate of drug-likeness (QED) is 0.850. The Bertz CT molecular complexity index is 807. The van der Waals surface area contributed by atoms with Gasteiger partial charge >= 0.3 is 0 Å². The predicted molar refractivity (Wildman–Crippen MR) is 105 cm³/mol. The first-order chi connectivity index (χ1) is 11.9. The van der Waals surface area contributed by atoms with Gasteiger partial charge in [0.1, 0.15) is 5.69 Å². The van der Waals surface area contributed by atoms with Gasteiger partial charge in [0.2, 0.25) is 0 Å². The highest BCUT2D eigenvalue weighted by molar-refractivity contribution is 5.64. The summed E-state index contributed by atoms with van der Waals surface area (Å²) < 4.78 is 1.64. The van der Waals surface area contributed by atoms with Crippen LogP contribution in [0.2, 0.25) is 0 Å². The summed E-state index contributed by atoms with van der Waals surface area (Å²) in [5, 5.41) is 0. The lowest BCUT2D eigenvalue weighted by atomic mass is 9.97. The average molecular weight is 339 g/mol. The van der Waals surface area contributed by atoms with Crippen LogP contribution in [0.5, 0.6) is 0 Å². The molecule has 0 aliphatic carbocycles. The van der Waals surface area contributed by atoms with E-state index in [9.17, 15) is 4.79 Å². The predicted octanol–water partition coefficient (Wildman–Crippen LogP) is 3.70. The third kappa shape index (κ3) is 3.49. The van der Waals surface area contributed by atoms with Gasteiger partial charge in [0, 0.05) is 44.1 Å². The lowest BCUT2D eigenvalue weighted by molar-refractivity contribution is 0.203. The Labute approximate surface area is 150 Å². The molecule has 0 spiro atoms. The van der Waals surface area contributed by atoms with E-state index in [1.54, 1.807) is 17.8 Å². The summed E-state index contributed by atoms with van der Waals surface area (Å²) in [7, 11) is 1.80. The molecule has 2 heterocycles. The second kappa shape index (κ2) is 7.04. The fourth-order valence-corrected chi connectivity index (χ4v) is 3.64. The number of fused-ring (bicyclic) bond motifs is 1. The van der Waals surface area contributed by atoms with E-state index in [4.69, 9.17) is 0 Å². The van der Waals surface area contributed by atoms with E-state index in [0.29, 0.717) is 6.04 Å². The molecule has 2 aromatic rings. The van der Waals surface area contributed by atoms with Crippen molar-refractivity contribution in [3.8, 4) is 0 Å². The third-order valence-electron chi connectivity index (χ3n) is 5.12. The normalized spacial score (nSPS) is 14.8. The fraction of sp³-hybridized carbons (Fsp3) is 0.476. The van der Waals surface area contributed by atoms with Crippen LogP contribution < -0.4 is 10.5 Å². The highest BCUT2D eigenvalue weighted by Crippen LogP contribution is 2.30. The SMILES string of the molecule is CC(C)N1CCc2ccc(N(c3cccn(C)c3=O)C(C)C)cc2C1. The monoisotopic (exact) mass is 339 g/mol. The number of benzene rings is 1. The maximum absolute atomic E-state index is 12.6. The van der Waals surface area contributed by atoms with E-state index in [1.807, 2.05) is 12.1 Å². The van der Waals surface area contributed by atoms with Gasteiger partial charge in [-0.25, -0.2) is 0 Å². The Morgan fingerprint density at radius 1 is 1.08 bits per heavy atom. The van der Waals surface area contributed by atoms with Gasteiger partial charge in [0.25, 0.3) is 5.56 Å². The van der Waals surface area contributed by atoms with Crippen molar-refractivity contribution in [1.82, 2.24) is 9.47 Å². The first kappa shape index (κ1) is 17.7. The van der Waals surface area contributed by atoms with E-state index in [1.165, 1.54) is 11.1 Å². The Balaban J connectivity index is 2.03. The topological polar surface area (TPSA) is 28.5 Å². The van der Waals surface area contributed by atoms with E-state index < -0.39 is 0 Å². The summed E-state index contributed by atoms with van der Waals surface area (Å²) in [6.45, 7) is 10.9. The Kier molecular flexibility index (Phi) is 5.00. The maximum Gasteiger partial charge on any atom is 0.274 e. The number of hydrogen-bond donors (Lipinski definition) is 0. The molecule has 0 saturated heterocycles. The Morgan fingerprint density at radius 2 is 1.84 bits per heavy atom. The molecule has 0 saturated carbocycles. The van der Waals surface area contributed by atoms with Crippen molar-refractivity contribution >= 4 is 11.4 Å². The lowest BCUT2D eigenvalue weighted by Gasteiger charge is -2.34. The van der Waals surface area contributed by atoms with Crippen LogP contribution >= 0.6 is 0 Å². The van der Waals surface area contributed by atoms with Gasteiger partial charge < -0.3 is 9.47 Å². The van der Waals surface area contributed by atoms with Crippen LogP contribution in [-0.2, 0) is 20.0 Å². The zero-order valence-electron chi connectivity index (χ0n) is 16.0. The number of nitrogens with zero attached hydrogens (tertiary/aromatic N) is 3. The summed E-state index contributed by atoms with van der Waals surface area (Å²) in [6.07, 6.45) is 2.90. The lowest BCUT2D eigenvalue weighted by Crippen LogP contribution is -2.36. The summed E-state index contributed by atoms with van der Waals surface area (Å²) >= 11 is 0. The smallest absolute Gasteiger partial charge is 0.274 e. The summed E-state index contributed by atoms with van der Waals surface area (Å²) in [4.78, 5) is 17.3. The van der Waals surface area contributed by atoms with Crippen molar-refractivity contribution in [3.63, 3.8) is 0 Å². The number of aryl methyl sites for hydroxylation is 1. The van der Waals surface area contributed by atoms with Gasteiger partial charge in [-0.3, -0.25) is 9.69 Å². The number of anilines is 2. The van der Waals surface area contributed by atoms with Gasteiger partial charge in [-0.1, -0.05) is 6.07 Å². The van der Waals surface area contributed by atoms with Crippen LogP contribution in [0.4, 0.5) is 11.4 Å². The number of hydrogen-bond acceptors (Lipinski definition) is 3. The third-order valence-corrected chi connectivity index (χ3v) is 5.12. The number of aromatic nitrogens is 1. The van der Waals surface area contributed by atoms with Crippen molar-refractivity contribution in [1.29, 1.82) is 0 Å². The van der Waals surface area contributed by atoms with E-state index in [2.05, 4.69) is 55.7 Å². The van der Waals surface area contributed by atoms with Crippen LogP contribution in [0.1, 0.15) is 38.8 Å². The Hall–Kier alpha value is -2.07. The standard InChI is InChI=1S/C21H29N3O/c1-15(2)23-12-10-17-8-9-19(13-18(17)14-23)24(16(3)4)20-7-6-11-22(5)21(20)25/h6-9,11,13,15-16H,10,12,14H2,1-5H3. The maximum atomic E-state index is 12.6. The van der Waals surface area contributed by atoms with Crippen LogP contribution in [-0.4, -0.2) is 28.1 Å². The molecule has 0 bridgehead atoms. The van der Waals surface area contributed by atoms with Crippen molar-refractivity contribution in [3.05, 3.63) is 58.0 Å². The van der Waals surface area contributed by atoms with E-state index in [0.717, 1.165) is 30.9 Å². The molecule has 4 nitrogen and oxygen atoms in total. The molecule has 25 heavy (non-hydrogen) atoms. The summed E-state index contributed by atoms with van der Waals surface area (Å²) in [5.74, 6) is 0. The summed E-state index contributed by atoms with van der Waals surface area (Å²) in [5.41, 5.74) is 4.69. The molecular formula is C21H29N3O. The van der Waals surface area contributed by atoms with Crippen molar-refractivity contribution in [2.24, 2.45) is 7.05 Å². The molecule has 0 unspecified atom stereocenters. The molecule has 134 valence electrons. The van der Waals surface area contributed by atoms with Crippen LogP contribution in [0.3, 0.4) is 0 Å². The molecule has 0 fully saturated rings. The molecule has 0 radical (unpaired) electrons. The zero-order chi connectivity index (χ0) is 18.1. The first-order valence-corrected chi connectivity index (χ1v) is 9.19. The molecule has 1 aromatic heterocycles. The molecular weight excluding hydrogens is 310 g/mol. The van der Waals surface area contributed by atoms with Crippen LogP contribution in [0.15, 0.2) is 41.3 Å². The zero-order valence-corrected chi connectivity index (χ0v) is 16.0. The van der Waals surface area contributed by atoms with Gasteiger partial charge in [0.15, 0.2) is 0 Å². The minimum atomic E-state index is 0.0396. The van der Waals surface area contributed by atoms with Gasteiger partial charge in [-0.15, -0.1) is 0 Å². The molecule has 0 N–H and O–H groups in total. The minimum Gasteiger partial charge on any atom is -0.334 e. The van der Waals surface area contributed by atoms with Gasteiger partial charge in [-0.2, -0.15) is 0 Å². The second-order valence-electron chi connectivity index (χ2n) is 7.54. The Morgan fingerprint density at radius 3 is 2.52 bits per heavy atom.